The second kappa shape index (κ2) is 8.01. The number of esters is 2. The summed E-state index contributed by atoms with van der Waals surface area (Å²) in [5.74, 6) is -1.64. The zero-order chi connectivity index (χ0) is 15.8. The van der Waals surface area contributed by atoms with Gasteiger partial charge in [-0.3, -0.25) is 4.79 Å². The molecule has 21 heavy (non-hydrogen) atoms. The van der Waals surface area contributed by atoms with Crippen LogP contribution in [0.2, 0.25) is 0 Å². The van der Waals surface area contributed by atoms with Gasteiger partial charge in [-0.15, -0.1) is 0 Å². The summed E-state index contributed by atoms with van der Waals surface area (Å²) >= 11 is 0. The lowest BCUT2D eigenvalue weighted by Gasteiger charge is -2.10. The van der Waals surface area contributed by atoms with Gasteiger partial charge in [-0.1, -0.05) is 6.07 Å². The Bertz CT molecular complexity index is 540. The van der Waals surface area contributed by atoms with Crippen molar-refractivity contribution >= 4 is 23.5 Å². The number of hydrogen-bond donors (Lipinski definition) is 1. The molecule has 0 fully saturated rings. The fourth-order valence-electron chi connectivity index (χ4n) is 1.49. The Balaban J connectivity index is 2.67. The normalized spacial score (nSPS) is 9.86. The maximum atomic E-state index is 11.7. The molecule has 0 bridgehead atoms. The van der Waals surface area contributed by atoms with Crippen LogP contribution in [0.5, 0.6) is 0 Å². The van der Waals surface area contributed by atoms with Crippen LogP contribution in [-0.4, -0.2) is 45.3 Å². The van der Waals surface area contributed by atoms with Gasteiger partial charge in [0.25, 0.3) is 5.91 Å². The number of nitrogens with one attached hydrogen (secondary N) is 1. The van der Waals surface area contributed by atoms with Crippen LogP contribution in [0.3, 0.4) is 0 Å². The summed E-state index contributed by atoms with van der Waals surface area (Å²) in [4.78, 5) is 34.2. The minimum absolute atomic E-state index is 0.218. The largest absolute Gasteiger partial charge is 0.465 e. The molecule has 0 aliphatic heterocycles. The van der Waals surface area contributed by atoms with Gasteiger partial charge in [-0.25, -0.2) is 9.59 Å². The number of anilines is 1. The minimum atomic E-state index is -0.632. The SMILES string of the molecule is COCC(=O)OCC(=O)Nc1cc(C(=O)OC)ccc1C. The summed E-state index contributed by atoms with van der Waals surface area (Å²) in [6.07, 6.45) is 0. The highest BCUT2D eigenvalue weighted by atomic mass is 16.6. The molecular weight excluding hydrogens is 278 g/mol. The van der Waals surface area contributed by atoms with Crippen LogP contribution >= 0.6 is 0 Å². The number of aryl methyl sites for hydroxylation is 1. The maximum Gasteiger partial charge on any atom is 0.337 e. The molecule has 1 rings (SSSR count). The lowest BCUT2D eigenvalue weighted by molar-refractivity contribution is -0.150. The zero-order valence-electron chi connectivity index (χ0n) is 12.1. The van der Waals surface area contributed by atoms with Crippen LogP contribution < -0.4 is 5.32 Å². The molecular formula is C14H17NO6. The van der Waals surface area contributed by atoms with E-state index in [2.05, 4.69) is 19.5 Å². The summed E-state index contributed by atoms with van der Waals surface area (Å²) in [6, 6.07) is 4.77. The van der Waals surface area contributed by atoms with E-state index in [-0.39, 0.29) is 6.61 Å². The topological polar surface area (TPSA) is 90.9 Å². The number of benzene rings is 1. The number of carbonyl (C=O) groups is 3. The van der Waals surface area contributed by atoms with E-state index in [0.29, 0.717) is 11.3 Å². The molecule has 0 heterocycles. The average Bonchev–Trinajstić information content (AvgIpc) is 2.47. The van der Waals surface area contributed by atoms with Crippen molar-refractivity contribution in [3.63, 3.8) is 0 Å². The van der Waals surface area contributed by atoms with Crippen molar-refractivity contribution in [1.29, 1.82) is 0 Å². The number of hydrogen-bond acceptors (Lipinski definition) is 6. The molecule has 114 valence electrons. The Morgan fingerprint density at radius 2 is 1.86 bits per heavy atom. The molecule has 7 heteroatoms. The molecule has 1 aromatic carbocycles. The molecule has 0 saturated heterocycles. The molecule has 7 nitrogen and oxygen atoms in total. The monoisotopic (exact) mass is 295 g/mol. The van der Waals surface area contributed by atoms with Gasteiger partial charge < -0.3 is 19.5 Å². The van der Waals surface area contributed by atoms with Gasteiger partial charge in [0.1, 0.15) is 6.61 Å². The highest BCUT2D eigenvalue weighted by molar-refractivity contribution is 5.96. The van der Waals surface area contributed by atoms with Crippen LogP contribution in [0.25, 0.3) is 0 Å². The smallest absolute Gasteiger partial charge is 0.337 e. The Morgan fingerprint density at radius 3 is 2.48 bits per heavy atom. The quantitative estimate of drug-likeness (QED) is 0.784. The Labute approximate surface area is 122 Å². The van der Waals surface area contributed by atoms with Gasteiger partial charge in [-0.2, -0.15) is 0 Å². The second-order valence-corrected chi connectivity index (χ2v) is 4.16. The first-order chi connectivity index (χ1) is 9.97. The van der Waals surface area contributed by atoms with E-state index in [9.17, 15) is 14.4 Å². The van der Waals surface area contributed by atoms with Crippen molar-refractivity contribution in [3.05, 3.63) is 29.3 Å². The standard InChI is InChI=1S/C14H17NO6/c1-9-4-5-10(14(18)20-3)6-11(9)15-12(16)7-21-13(17)8-19-2/h4-6H,7-8H2,1-3H3,(H,15,16). The van der Waals surface area contributed by atoms with E-state index < -0.39 is 24.5 Å². The number of carbonyl (C=O) groups excluding carboxylic acids is 3. The number of amides is 1. The number of rotatable bonds is 6. The molecule has 1 aromatic rings. The van der Waals surface area contributed by atoms with Gasteiger partial charge in [0.2, 0.25) is 0 Å². The highest BCUT2D eigenvalue weighted by Crippen LogP contribution is 2.17. The summed E-state index contributed by atoms with van der Waals surface area (Å²) < 4.78 is 13.9. The van der Waals surface area contributed by atoms with E-state index in [1.807, 2.05) is 0 Å². The molecule has 1 N–H and O–H groups in total. The van der Waals surface area contributed by atoms with Gasteiger partial charge in [0.15, 0.2) is 6.61 Å². The summed E-state index contributed by atoms with van der Waals surface area (Å²) in [5.41, 5.74) is 1.53. The minimum Gasteiger partial charge on any atom is -0.465 e. The Kier molecular flexibility index (Phi) is 6.35. The van der Waals surface area contributed by atoms with Crippen molar-refractivity contribution in [2.75, 3.05) is 32.8 Å². The predicted molar refractivity (Wildman–Crippen MR) is 74.0 cm³/mol. The third-order valence-corrected chi connectivity index (χ3v) is 2.56. The Hall–Kier alpha value is -2.41. The van der Waals surface area contributed by atoms with Gasteiger partial charge in [0, 0.05) is 12.8 Å². The third kappa shape index (κ3) is 5.23. The van der Waals surface area contributed by atoms with E-state index in [1.165, 1.54) is 20.3 Å². The molecule has 0 unspecified atom stereocenters. The summed E-state index contributed by atoms with van der Waals surface area (Å²) in [7, 11) is 2.62. The summed E-state index contributed by atoms with van der Waals surface area (Å²) in [6.45, 7) is 1.13. The molecule has 1 amide bonds. The fraction of sp³-hybridized carbons (Fsp3) is 0.357. The molecule has 0 saturated carbocycles. The van der Waals surface area contributed by atoms with Crippen LogP contribution in [0, 0.1) is 6.92 Å². The number of ether oxygens (including phenoxy) is 3. The molecule has 0 atom stereocenters. The van der Waals surface area contributed by atoms with Crippen molar-refractivity contribution in [1.82, 2.24) is 0 Å². The van der Waals surface area contributed by atoms with Crippen LogP contribution in [0.15, 0.2) is 18.2 Å². The zero-order valence-corrected chi connectivity index (χ0v) is 12.1. The summed E-state index contributed by atoms with van der Waals surface area (Å²) in [5, 5.41) is 2.56. The van der Waals surface area contributed by atoms with Crippen molar-refractivity contribution in [2.24, 2.45) is 0 Å². The van der Waals surface area contributed by atoms with Gasteiger partial charge >= 0.3 is 11.9 Å². The predicted octanol–water partition coefficient (Wildman–Crippen LogP) is 0.910. The third-order valence-electron chi connectivity index (χ3n) is 2.56. The molecule has 0 aliphatic carbocycles. The molecule has 0 spiro atoms. The fourth-order valence-corrected chi connectivity index (χ4v) is 1.49. The molecule has 0 aliphatic rings. The van der Waals surface area contributed by atoms with Crippen molar-refractivity contribution < 1.29 is 28.6 Å². The maximum absolute atomic E-state index is 11.7. The molecule has 0 aromatic heterocycles. The van der Waals surface area contributed by atoms with Crippen molar-refractivity contribution in [3.8, 4) is 0 Å². The van der Waals surface area contributed by atoms with E-state index in [1.54, 1.807) is 19.1 Å². The molecule has 0 radical (unpaired) electrons. The van der Waals surface area contributed by atoms with Crippen LogP contribution in [-0.2, 0) is 23.8 Å². The van der Waals surface area contributed by atoms with Gasteiger partial charge in [-0.05, 0) is 24.6 Å². The van der Waals surface area contributed by atoms with E-state index in [0.717, 1.165) is 5.56 Å². The van der Waals surface area contributed by atoms with Gasteiger partial charge in [0.05, 0.1) is 12.7 Å². The lowest BCUT2D eigenvalue weighted by Crippen LogP contribution is -2.23. The average molecular weight is 295 g/mol. The second-order valence-electron chi connectivity index (χ2n) is 4.16. The Morgan fingerprint density at radius 1 is 1.14 bits per heavy atom. The lowest BCUT2D eigenvalue weighted by atomic mass is 10.1. The highest BCUT2D eigenvalue weighted by Gasteiger charge is 2.11. The van der Waals surface area contributed by atoms with Crippen molar-refractivity contribution in [2.45, 2.75) is 6.92 Å². The van der Waals surface area contributed by atoms with Crippen LogP contribution in [0.1, 0.15) is 15.9 Å². The first-order valence-electron chi connectivity index (χ1n) is 6.11. The van der Waals surface area contributed by atoms with E-state index in [4.69, 9.17) is 0 Å². The first kappa shape index (κ1) is 16.6. The van der Waals surface area contributed by atoms with E-state index >= 15 is 0 Å². The van der Waals surface area contributed by atoms with Crippen LogP contribution in [0.4, 0.5) is 5.69 Å². The first-order valence-corrected chi connectivity index (χ1v) is 6.11. The number of methoxy groups -OCH3 is 2.